The number of carboxylic acids is 1. The summed E-state index contributed by atoms with van der Waals surface area (Å²) in [4.78, 5) is 36.3. The smallest absolute Gasteiger partial charge is 0.335 e. The van der Waals surface area contributed by atoms with Crippen molar-refractivity contribution in [2.24, 2.45) is 0 Å². The van der Waals surface area contributed by atoms with E-state index in [4.69, 9.17) is 10.8 Å². The van der Waals surface area contributed by atoms with E-state index in [-0.39, 0.29) is 23.8 Å². The predicted molar refractivity (Wildman–Crippen MR) is 109 cm³/mol. The van der Waals surface area contributed by atoms with Crippen molar-refractivity contribution >= 4 is 64.7 Å². The van der Waals surface area contributed by atoms with Gasteiger partial charge in [-0.05, 0) is 24.3 Å². The molecule has 0 saturated carbocycles. The van der Waals surface area contributed by atoms with Crippen molar-refractivity contribution in [3.63, 3.8) is 0 Å². The van der Waals surface area contributed by atoms with E-state index in [9.17, 15) is 19.7 Å². The Labute approximate surface area is 177 Å². The van der Waals surface area contributed by atoms with Gasteiger partial charge in [0.1, 0.15) is 6.61 Å². The van der Waals surface area contributed by atoms with Crippen molar-refractivity contribution in [1.29, 1.82) is 0 Å². The number of carbonyl (C=O) groups excluding carboxylic acids is 1. The van der Waals surface area contributed by atoms with Gasteiger partial charge in [0.2, 0.25) is 11.0 Å². The molecule has 0 radical (unpaired) electrons. The van der Waals surface area contributed by atoms with E-state index < -0.39 is 11.1 Å². The zero-order chi connectivity index (χ0) is 20.9. The number of carboxylic acid groups (broad SMARTS) is 1. The third-order valence-corrected chi connectivity index (χ3v) is 5.30. The number of anilines is 1. The van der Waals surface area contributed by atoms with Crippen molar-refractivity contribution in [3.05, 3.63) is 39.9 Å². The Bertz CT molecular complexity index is 788. The van der Waals surface area contributed by atoms with Gasteiger partial charge in [0.05, 0.1) is 11.3 Å². The van der Waals surface area contributed by atoms with Crippen LogP contribution in [0.2, 0.25) is 0 Å². The van der Waals surface area contributed by atoms with E-state index in [0.29, 0.717) is 15.2 Å². The summed E-state index contributed by atoms with van der Waals surface area (Å²) in [5.74, 6) is -0.582. The van der Waals surface area contributed by atoms with E-state index in [2.05, 4.69) is 32.4 Å². The van der Waals surface area contributed by atoms with Crippen molar-refractivity contribution in [2.45, 2.75) is 9.24 Å². The number of nitrogen functional groups attached to an aromatic ring is 1. The molecule has 0 spiro atoms. The number of benzene rings is 1. The van der Waals surface area contributed by atoms with Crippen LogP contribution in [0.25, 0.3) is 0 Å². The fraction of sp³-hybridized carbons (Fsp3) is 0.231. The summed E-state index contributed by atoms with van der Waals surface area (Å²) in [6.45, 7) is -0.0367. The normalized spacial score (nSPS) is 9.75. The van der Waals surface area contributed by atoms with Gasteiger partial charge in [-0.2, -0.15) is 0 Å². The Hall–Kier alpha value is -2.23. The second kappa shape index (κ2) is 13.0. The Morgan fingerprint density at radius 2 is 2.04 bits per heavy atom. The van der Waals surface area contributed by atoms with Gasteiger partial charge in [-0.1, -0.05) is 11.3 Å². The number of hydrogen-bond acceptors (Lipinski definition) is 12. The number of amides is 1. The second-order valence-electron chi connectivity index (χ2n) is 4.49. The number of rotatable bonds is 9. The topological polar surface area (TPSA) is 171 Å². The first-order chi connectivity index (χ1) is 13.3. The van der Waals surface area contributed by atoms with Crippen LogP contribution in [0.1, 0.15) is 10.4 Å². The average molecular weight is 466 g/mol. The molecule has 152 valence electrons. The molecule has 1 aromatic heterocycles. The molecule has 15 heteroatoms. The Morgan fingerprint density at radius 1 is 1.36 bits per heavy atom. The van der Waals surface area contributed by atoms with Crippen LogP contribution in [0.4, 0.5) is 5.13 Å². The highest BCUT2D eigenvalue weighted by Gasteiger charge is 2.06. The number of aromatic nitrogens is 2. The van der Waals surface area contributed by atoms with Crippen LogP contribution >= 0.6 is 47.7 Å². The standard InChI is InChI=1S/C7H6O2S.C6H9N5O4S3/c8-7(9)5-1-3-6(10)4-2-5;7-5-8-9-6(17-5)18-10-4(12)3-16-2-1-15-11(13)14/h1-4,10H,(H,8,9);1-3H2,(H2,7,8)(H,10,12). The lowest BCUT2D eigenvalue weighted by Gasteiger charge is -2.01. The molecule has 2 aromatic rings. The highest BCUT2D eigenvalue weighted by molar-refractivity contribution is 8.01. The van der Waals surface area contributed by atoms with Crippen molar-refractivity contribution in [3.8, 4) is 0 Å². The monoisotopic (exact) mass is 465 g/mol. The van der Waals surface area contributed by atoms with Gasteiger partial charge in [-0.15, -0.1) is 44.7 Å². The first-order valence-corrected chi connectivity index (χ1v) is 10.4. The Kier molecular flexibility index (Phi) is 11.1. The molecule has 1 amide bonds. The van der Waals surface area contributed by atoms with Crippen LogP contribution < -0.4 is 10.5 Å². The molecule has 1 heterocycles. The van der Waals surface area contributed by atoms with Crippen LogP contribution in [0, 0.1) is 10.1 Å². The van der Waals surface area contributed by atoms with Crippen LogP contribution in [0.3, 0.4) is 0 Å². The molecule has 1 aromatic carbocycles. The molecule has 0 aliphatic carbocycles. The molecule has 0 unspecified atom stereocenters. The predicted octanol–water partition coefficient (Wildman–Crippen LogP) is 1.86. The minimum absolute atomic E-state index is 0.0367. The number of nitrogens with zero attached hydrogens (tertiary/aromatic N) is 3. The molecule has 4 N–H and O–H groups in total. The number of aromatic carboxylic acids is 1. The summed E-state index contributed by atoms with van der Waals surface area (Å²) in [5, 5.41) is 25.0. The Balaban J connectivity index is 0.000000330. The largest absolute Gasteiger partial charge is 0.478 e. The van der Waals surface area contributed by atoms with Crippen LogP contribution in [-0.2, 0) is 9.63 Å². The summed E-state index contributed by atoms with van der Waals surface area (Å²) < 4.78 is 3.09. The first kappa shape index (κ1) is 23.8. The van der Waals surface area contributed by atoms with Gasteiger partial charge in [0, 0.05) is 22.6 Å². The summed E-state index contributed by atoms with van der Waals surface area (Å²) in [6, 6.07) is 6.33. The molecule has 11 nitrogen and oxygen atoms in total. The summed E-state index contributed by atoms with van der Waals surface area (Å²) >= 11 is 7.44. The number of thioether (sulfide) groups is 1. The molecule has 28 heavy (non-hydrogen) atoms. The summed E-state index contributed by atoms with van der Waals surface area (Å²) in [7, 11) is 0. The van der Waals surface area contributed by atoms with Gasteiger partial charge < -0.3 is 15.7 Å². The number of nitrogens with one attached hydrogen (secondary N) is 1. The van der Waals surface area contributed by atoms with Crippen molar-refractivity contribution in [1.82, 2.24) is 14.9 Å². The average Bonchev–Trinajstić information content (AvgIpc) is 3.06. The molecular formula is C13H15N5O6S4. The highest BCUT2D eigenvalue weighted by Crippen LogP contribution is 2.20. The zero-order valence-electron chi connectivity index (χ0n) is 14.0. The minimum atomic E-state index is -0.909. The molecule has 2 rings (SSSR count). The molecule has 0 atom stereocenters. The van der Waals surface area contributed by atoms with Crippen LogP contribution in [0.5, 0.6) is 0 Å². The van der Waals surface area contributed by atoms with Gasteiger partial charge in [-0.3, -0.25) is 9.52 Å². The van der Waals surface area contributed by atoms with Crippen LogP contribution in [-0.4, -0.2) is 50.4 Å². The summed E-state index contributed by atoms with van der Waals surface area (Å²) in [5.41, 5.74) is 5.66. The van der Waals surface area contributed by atoms with Gasteiger partial charge in [0.15, 0.2) is 4.34 Å². The lowest BCUT2D eigenvalue weighted by atomic mass is 10.2. The fourth-order valence-corrected chi connectivity index (χ4v) is 3.41. The highest BCUT2D eigenvalue weighted by atomic mass is 32.2. The number of nitrogens with two attached hydrogens (primary N) is 1. The number of hydrogen-bond donors (Lipinski definition) is 4. The maximum absolute atomic E-state index is 11.3. The fourth-order valence-electron chi connectivity index (χ4n) is 1.33. The molecule has 0 saturated heterocycles. The lowest BCUT2D eigenvalue weighted by molar-refractivity contribution is -0.756. The maximum Gasteiger partial charge on any atom is 0.335 e. The maximum atomic E-state index is 11.3. The third kappa shape index (κ3) is 10.8. The second-order valence-corrected chi connectivity index (χ2v) is 8.18. The van der Waals surface area contributed by atoms with Gasteiger partial charge in [-0.25, -0.2) is 4.79 Å². The number of thiol groups is 1. The molecule has 0 bridgehead atoms. The van der Waals surface area contributed by atoms with E-state index in [1.807, 2.05) is 0 Å². The van der Waals surface area contributed by atoms with E-state index in [0.717, 1.165) is 16.8 Å². The van der Waals surface area contributed by atoms with Crippen LogP contribution in [0.15, 0.2) is 33.5 Å². The quantitative estimate of drug-likeness (QED) is 0.140. The van der Waals surface area contributed by atoms with Crippen molar-refractivity contribution in [2.75, 3.05) is 23.8 Å². The molecule has 0 aliphatic rings. The zero-order valence-corrected chi connectivity index (χ0v) is 17.4. The van der Waals surface area contributed by atoms with E-state index in [1.165, 1.54) is 35.2 Å². The molecular weight excluding hydrogens is 450 g/mol. The number of carbonyl (C=O) groups is 2. The minimum Gasteiger partial charge on any atom is -0.478 e. The Morgan fingerprint density at radius 3 is 2.57 bits per heavy atom. The third-order valence-electron chi connectivity index (χ3n) is 2.45. The SMILES string of the molecule is Nc1nnc(SNC(=O)CSCCO[N+](=O)[O-])s1.O=C(O)c1ccc(S)cc1. The van der Waals surface area contributed by atoms with Crippen molar-refractivity contribution < 1.29 is 24.6 Å². The van der Waals surface area contributed by atoms with E-state index >= 15 is 0 Å². The van der Waals surface area contributed by atoms with Gasteiger partial charge >= 0.3 is 5.97 Å². The molecule has 0 aliphatic heterocycles. The lowest BCUT2D eigenvalue weighted by Crippen LogP contribution is -2.18. The summed E-state index contributed by atoms with van der Waals surface area (Å²) in [6.07, 6.45) is 0. The van der Waals surface area contributed by atoms with E-state index in [1.54, 1.807) is 12.1 Å². The van der Waals surface area contributed by atoms with Gasteiger partial charge in [0.25, 0.3) is 5.09 Å². The first-order valence-electron chi connectivity index (χ1n) is 7.20. The molecule has 0 fully saturated rings.